The number of halogens is 1. The van der Waals surface area contributed by atoms with E-state index in [-0.39, 0.29) is 22.0 Å². The van der Waals surface area contributed by atoms with Crippen molar-refractivity contribution < 1.29 is 23.6 Å². The number of nitrogen functional groups attached to an aromatic ring is 1. The van der Waals surface area contributed by atoms with Gasteiger partial charge in [0, 0.05) is 5.56 Å². The second-order valence-corrected chi connectivity index (χ2v) is 12.9. The van der Waals surface area contributed by atoms with E-state index in [1.54, 1.807) is 78.9 Å². The smallest absolute Gasteiger partial charge is 0.274 e. The summed E-state index contributed by atoms with van der Waals surface area (Å²) in [6.07, 6.45) is 11.1. The first-order chi connectivity index (χ1) is 24.8. The minimum Gasteiger partial charge on any atom is -1.00 e. The Hall–Kier alpha value is -5.09. The zero-order valence-electron chi connectivity index (χ0n) is 31.3. The molecule has 4 rings (SSSR count). The average Bonchev–Trinajstić information content (AvgIpc) is 3.16. The Morgan fingerprint density at radius 3 is 1.35 bits per heavy atom. The van der Waals surface area contributed by atoms with E-state index in [1.807, 2.05) is 6.07 Å². The third-order valence-electron chi connectivity index (χ3n) is 8.83. The number of anilines is 4. The van der Waals surface area contributed by atoms with Gasteiger partial charge in [-0.15, -0.1) is 0 Å². The Morgan fingerprint density at radius 1 is 0.519 bits per heavy atom. The number of rotatable bonds is 18. The van der Waals surface area contributed by atoms with Crippen molar-refractivity contribution in [3.05, 3.63) is 114 Å². The molecule has 3 amide bonds. The lowest BCUT2D eigenvalue weighted by atomic mass is 10.1. The highest BCUT2D eigenvalue weighted by Gasteiger charge is 2.24. The summed E-state index contributed by atoms with van der Waals surface area (Å²) in [4.78, 5) is 42.2. The number of amides is 3. The van der Waals surface area contributed by atoms with E-state index in [2.05, 4.69) is 48.6 Å². The lowest BCUT2D eigenvalue weighted by molar-refractivity contribution is -0.929. The fourth-order valence-corrected chi connectivity index (χ4v) is 5.80. The summed E-state index contributed by atoms with van der Waals surface area (Å²) in [5, 5.41) is 8.22. The third-order valence-corrected chi connectivity index (χ3v) is 8.83. The molecule has 0 spiro atoms. The molecule has 0 radical (unpaired) electrons. The predicted molar refractivity (Wildman–Crippen MR) is 211 cm³/mol. The number of nitrogens with zero attached hydrogens (tertiary/aromatic N) is 2. The van der Waals surface area contributed by atoms with Gasteiger partial charge in [-0.25, -0.2) is 4.98 Å². The average molecular weight is 713 g/mol. The maximum absolute atomic E-state index is 12.9. The summed E-state index contributed by atoms with van der Waals surface area (Å²) in [6, 6.07) is 27.0. The molecule has 1 heterocycles. The summed E-state index contributed by atoms with van der Waals surface area (Å²) in [6.45, 7) is 15.0. The zero-order chi connectivity index (χ0) is 36.9. The van der Waals surface area contributed by atoms with Gasteiger partial charge in [0.25, 0.3) is 17.7 Å². The third kappa shape index (κ3) is 13.9. The van der Waals surface area contributed by atoms with Crippen LogP contribution in [0, 0.1) is 0 Å². The number of hydrogen-bond acceptors (Lipinski definition) is 5. The van der Waals surface area contributed by atoms with Crippen molar-refractivity contribution in [3.8, 4) is 0 Å². The standard InChI is InChI=1S/C26H21N5O3.C16H36N.FH/c27-18-11-4-5-12-19(18)29-25(33)22-15-8-16-23(28-22)26(34)31-21-14-7-6-13-20(21)30-24(32)17-9-2-1-3-10-17;1-5-9-13-17(14-10-6-2,15-11-7-3)16-12-8-4;/h1-16H,27H2,(H,29,33)(H,30,32)(H,31,34);5-16H2,1-4H3;1H/q;+1;/p-1. The number of aromatic nitrogens is 1. The van der Waals surface area contributed by atoms with Gasteiger partial charge < -0.3 is 30.9 Å². The molecular formula is C42H57FN6O3. The number of carbonyl (C=O) groups excluding carboxylic acids is 3. The lowest BCUT2D eigenvalue weighted by Crippen LogP contribution is -3.00. The molecule has 52 heavy (non-hydrogen) atoms. The molecule has 0 aliphatic rings. The molecule has 0 bridgehead atoms. The Bertz CT molecular complexity index is 1630. The number of benzene rings is 3. The summed E-state index contributed by atoms with van der Waals surface area (Å²) in [7, 11) is 0. The lowest BCUT2D eigenvalue weighted by Gasteiger charge is -2.39. The number of para-hydroxylation sites is 4. The van der Waals surface area contributed by atoms with Gasteiger partial charge in [-0.1, -0.05) is 102 Å². The summed E-state index contributed by atoms with van der Waals surface area (Å²) in [5.41, 5.74) is 8.14. The number of carbonyl (C=O) groups is 3. The second kappa shape index (κ2) is 23.4. The number of hydrogen-bond donors (Lipinski definition) is 4. The van der Waals surface area contributed by atoms with Crippen molar-refractivity contribution in [2.45, 2.75) is 79.1 Å². The molecule has 9 nitrogen and oxygen atoms in total. The van der Waals surface area contributed by atoms with E-state index in [0.29, 0.717) is 28.3 Å². The highest BCUT2D eigenvalue weighted by molar-refractivity contribution is 6.10. The van der Waals surface area contributed by atoms with Crippen LogP contribution in [-0.4, -0.2) is 53.4 Å². The zero-order valence-corrected chi connectivity index (χ0v) is 31.3. The Balaban J connectivity index is 0.000000444. The van der Waals surface area contributed by atoms with E-state index >= 15 is 0 Å². The molecule has 0 fully saturated rings. The van der Waals surface area contributed by atoms with Crippen molar-refractivity contribution in [3.63, 3.8) is 0 Å². The number of unbranched alkanes of at least 4 members (excludes halogenated alkanes) is 4. The van der Waals surface area contributed by atoms with Crippen LogP contribution in [0.5, 0.6) is 0 Å². The number of pyridine rings is 1. The second-order valence-electron chi connectivity index (χ2n) is 12.9. The first-order valence-corrected chi connectivity index (χ1v) is 18.5. The van der Waals surface area contributed by atoms with Crippen LogP contribution in [0.1, 0.15) is 110 Å². The Labute approximate surface area is 309 Å². The van der Waals surface area contributed by atoms with Crippen LogP contribution >= 0.6 is 0 Å². The van der Waals surface area contributed by atoms with Crippen LogP contribution in [0.3, 0.4) is 0 Å². The van der Waals surface area contributed by atoms with Crippen molar-refractivity contribution in [2.24, 2.45) is 0 Å². The van der Waals surface area contributed by atoms with E-state index < -0.39 is 11.8 Å². The van der Waals surface area contributed by atoms with E-state index in [4.69, 9.17) is 5.73 Å². The van der Waals surface area contributed by atoms with Crippen LogP contribution in [0.2, 0.25) is 0 Å². The molecule has 0 atom stereocenters. The summed E-state index contributed by atoms with van der Waals surface area (Å²) in [5.74, 6) is -1.34. The van der Waals surface area contributed by atoms with Gasteiger partial charge in [0.1, 0.15) is 11.4 Å². The van der Waals surface area contributed by atoms with Gasteiger partial charge in [0.05, 0.1) is 48.9 Å². The predicted octanol–water partition coefficient (Wildman–Crippen LogP) is 6.43. The maximum atomic E-state index is 12.9. The molecule has 4 aromatic rings. The summed E-state index contributed by atoms with van der Waals surface area (Å²) < 4.78 is 1.42. The molecule has 280 valence electrons. The normalized spacial score (nSPS) is 10.6. The van der Waals surface area contributed by atoms with Crippen LogP contribution in [0.4, 0.5) is 22.7 Å². The van der Waals surface area contributed by atoms with Gasteiger partial charge in [-0.2, -0.15) is 0 Å². The highest BCUT2D eigenvalue weighted by Crippen LogP contribution is 2.23. The van der Waals surface area contributed by atoms with Gasteiger partial charge in [0.15, 0.2) is 0 Å². The fraction of sp³-hybridized carbons (Fsp3) is 0.381. The molecular weight excluding hydrogens is 655 g/mol. The van der Waals surface area contributed by atoms with E-state index in [9.17, 15) is 14.4 Å². The van der Waals surface area contributed by atoms with Crippen molar-refractivity contribution in [2.75, 3.05) is 47.9 Å². The molecule has 0 aliphatic heterocycles. The Kier molecular flexibility index (Phi) is 19.4. The van der Waals surface area contributed by atoms with E-state index in [0.717, 1.165) is 0 Å². The first kappa shape index (κ1) is 43.1. The van der Waals surface area contributed by atoms with Gasteiger partial charge in [-0.05, 0) is 74.2 Å². The van der Waals surface area contributed by atoms with Crippen molar-refractivity contribution >= 4 is 40.5 Å². The fourth-order valence-electron chi connectivity index (χ4n) is 5.80. The van der Waals surface area contributed by atoms with Crippen LogP contribution in [0.25, 0.3) is 0 Å². The molecule has 5 N–H and O–H groups in total. The molecule has 0 aliphatic carbocycles. The molecule has 1 aromatic heterocycles. The SMILES string of the molecule is CCCC[N+](CCCC)(CCCC)CCCC.Nc1ccccc1NC(=O)c1cccc(C(=O)Nc2ccccc2NC(=O)c2ccccc2)n1.[F-]. The molecule has 3 aromatic carbocycles. The molecule has 10 heteroatoms. The Morgan fingerprint density at radius 2 is 0.904 bits per heavy atom. The quantitative estimate of drug-likeness (QED) is 0.0699. The van der Waals surface area contributed by atoms with Gasteiger partial charge >= 0.3 is 0 Å². The van der Waals surface area contributed by atoms with Crippen LogP contribution in [-0.2, 0) is 0 Å². The van der Waals surface area contributed by atoms with Gasteiger partial charge in [-0.3, -0.25) is 14.4 Å². The van der Waals surface area contributed by atoms with Crippen LogP contribution in [0.15, 0.2) is 97.1 Å². The monoisotopic (exact) mass is 712 g/mol. The topological polar surface area (TPSA) is 126 Å². The largest absolute Gasteiger partial charge is 1.00 e. The number of quaternary nitrogens is 1. The molecule has 0 unspecified atom stereocenters. The number of nitrogens with one attached hydrogen (secondary N) is 3. The van der Waals surface area contributed by atoms with Crippen LogP contribution < -0.4 is 26.4 Å². The highest BCUT2D eigenvalue weighted by atomic mass is 19.0. The minimum atomic E-state index is -0.532. The molecule has 0 saturated carbocycles. The first-order valence-electron chi connectivity index (χ1n) is 18.5. The van der Waals surface area contributed by atoms with Gasteiger partial charge in [0.2, 0.25) is 0 Å². The minimum absolute atomic E-state index is 0. The maximum Gasteiger partial charge on any atom is 0.274 e. The van der Waals surface area contributed by atoms with Crippen molar-refractivity contribution in [1.29, 1.82) is 0 Å². The number of nitrogens with two attached hydrogens (primary N) is 1. The molecule has 0 saturated heterocycles. The van der Waals surface area contributed by atoms with Crippen molar-refractivity contribution in [1.82, 2.24) is 4.98 Å². The van der Waals surface area contributed by atoms with E-state index in [1.165, 1.54) is 94.2 Å². The summed E-state index contributed by atoms with van der Waals surface area (Å²) >= 11 is 0.